The second-order valence-electron chi connectivity index (χ2n) is 3.11. The Morgan fingerprint density at radius 3 is 2.57 bits per heavy atom. The van der Waals surface area contributed by atoms with Crippen molar-refractivity contribution in [1.82, 2.24) is 15.3 Å². The molecule has 1 atom stereocenters. The van der Waals surface area contributed by atoms with Gasteiger partial charge in [-0.05, 0) is 13.5 Å². The summed E-state index contributed by atoms with van der Waals surface area (Å²) in [6.45, 7) is 5.77. The van der Waals surface area contributed by atoms with Gasteiger partial charge in [0.05, 0.1) is 0 Å². The Morgan fingerprint density at radius 2 is 2.07 bits per heavy atom. The molecule has 1 aromatic heterocycles. The van der Waals surface area contributed by atoms with Gasteiger partial charge in [-0.25, -0.2) is 9.97 Å². The highest BCUT2D eigenvalue weighted by Crippen LogP contribution is 2.09. The first-order valence-electron chi connectivity index (χ1n) is 4.82. The van der Waals surface area contributed by atoms with E-state index in [0.29, 0.717) is 0 Å². The van der Waals surface area contributed by atoms with E-state index < -0.39 is 0 Å². The number of hydrogen-bond acceptors (Lipinski definition) is 4. The molecule has 0 aliphatic carbocycles. The van der Waals surface area contributed by atoms with Crippen LogP contribution in [-0.4, -0.2) is 23.6 Å². The molecule has 0 aromatic carbocycles. The summed E-state index contributed by atoms with van der Waals surface area (Å²) in [7, 11) is 1.65. The molecule has 0 bridgehead atoms. The van der Waals surface area contributed by atoms with Crippen molar-refractivity contribution in [2.45, 2.75) is 26.5 Å². The van der Waals surface area contributed by atoms with Crippen molar-refractivity contribution in [1.29, 1.82) is 0 Å². The molecule has 1 aromatic rings. The summed E-state index contributed by atoms with van der Waals surface area (Å²) in [5, 5.41) is 3.22. The topological polar surface area (TPSA) is 47.0 Å². The molecule has 0 aliphatic heterocycles. The zero-order valence-electron chi connectivity index (χ0n) is 8.95. The number of rotatable bonds is 5. The minimum absolute atomic E-state index is 0.0387. The molecule has 0 saturated carbocycles. The summed E-state index contributed by atoms with van der Waals surface area (Å²) in [5.74, 6) is 0.729. The smallest absolute Gasteiger partial charge is 0.156 e. The van der Waals surface area contributed by atoms with Gasteiger partial charge in [0.15, 0.2) is 5.82 Å². The normalized spacial score (nSPS) is 12.8. The molecule has 0 radical (unpaired) electrons. The monoisotopic (exact) mass is 195 g/mol. The minimum atomic E-state index is -0.0387. The third-order valence-electron chi connectivity index (χ3n) is 2.02. The Morgan fingerprint density at radius 1 is 1.43 bits per heavy atom. The lowest BCUT2D eigenvalue weighted by atomic mass is 10.3. The molecular formula is C10H17N3O. The average molecular weight is 195 g/mol. The van der Waals surface area contributed by atoms with Crippen molar-refractivity contribution < 1.29 is 4.74 Å². The number of hydrogen-bond donors (Lipinski definition) is 1. The number of methoxy groups -OCH3 is 1. The maximum atomic E-state index is 5.12. The minimum Gasteiger partial charge on any atom is -0.374 e. The van der Waals surface area contributed by atoms with E-state index in [1.807, 2.05) is 19.3 Å². The van der Waals surface area contributed by atoms with E-state index in [1.54, 1.807) is 7.11 Å². The fourth-order valence-electron chi connectivity index (χ4n) is 1.04. The Kier molecular flexibility index (Phi) is 4.49. The molecule has 1 unspecified atom stereocenters. The molecule has 1 N–H and O–H groups in total. The van der Waals surface area contributed by atoms with Crippen LogP contribution in [0.1, 0.15) is 31.3 Å². The fraction of sp³-hybridized carbons (Fsp3) is 0.600. The van der Waals surface area contributed by atoms with E-state index in [1.165, 1.54) is 0 Å². The van der Waals surface area contributed by atoms with Crippen molar-refractivity contribution in [3.05, 3.63) is 23.8 Å². The van der Waals surface area contributed by atoms with E-state index >= 15 is 0 Å². The van der Waals surface area contributed by atoms with Gasteiger partial charge in [-0.2, -0.15) is 0 Å². The van der Waals surface area contributed by atoms with Crippen LogP contribution in [0.3, 0.4) is 0 Å². The van der Waals surface area contributed by atoms with Crippen LogP contribution in [0.25, 0.3) is 0 Å². The van der Waals surface area contributed by atoms with E-state index in [-0.39, 0.29) is 6.10 Å². The summed E-state index contributed by atoms with van der Waals surface area (Å²) < 4.78 is 5.12. The SMILES string of the molecule is CCNCc1cnc(C(C)OC)nc1. The van der Waals surface area contributed by atoms with Crippen LogP contribution in [0.15, 0.2) is 12.4 Å². The predicted octanol–water partition coefficient (Wildman–Crippen LogP) is 1.29. The molecule has 4 nitrogen and oxygen atoms in total. The van der Waals surface area contributed by atoms with Crippen LogP contribution in [0, 0.1) is 0 Å². The van der Waals surface area contributed by atoms with Crippen LogP contribution in [0.2, 0.25) is 0 Å². The van der Waals surface area contributed by atoms with Gasteiger partial charge >= 0.3 is 0 Å². The lowest BCUT2D eigenvalue weighted by Gasteiger charge is -2.08. The molecule has 78 valence electrons. The van der Waals surface area contributed by atoms with Crippen LogP contribution in [0.5, 0.6) is 0 Å². The van der Waals surface area contributed by atoms with E-state index in [2.05, 4.69) is 22.2 Å². The highest BCUT2D eigenvalue weighted by molar-refractivity contribution is 5.05. The Bertz CT molecular complexity index is 261. The van der Waals surface area contributed by atoms with Crippen LogP contribution in [0.4, 0.5) is 0 Å². The second kappa shape index (κ2) is 5.67. The Balaban J connectivity index is 2.59. The maximum Gasteiger partial charge on any atom is 0.156 e. The zero-order valence-corrected chi connectivity index (χ0v) is 8.95. The van der Waals surface area contributed by atoms with Crippen LogP contribution >= 0.6 is 0 Å². The first-order valence-corrected chi connectivity index (χ1v) is 4.82. The molecule has 14 heavy (non-hydrogen) atoms. The third kappa shape index (κ3) is 3.05. The maximum absolute atomic E-state index is 5.12. The van der Waals surface area contributed by atoms with Crippen molar-refractivity contribution in [2.24, 2.45) is 0 Å². The standard InChI is InChI=1S/C10H17N3O/c1-4-11-5-9-6-12-10(13-7-9)8(2)14-3/h6-8,11H,4-5H2,1-3H3. The first-order chi connectivity index (χ1) is 6.77. The van der Waals surface area contributed by atoms with Gasteiger partial charge in [0.25, 0.3) is 0 Å². The van der Waals surface area contributed by atoms with Gasteiger partial charge < -0.3 is 10.1 Å². The van der Waals surface area contributed by atoms with Crippen molar-refractivity contribution >= 4 is 0 Å². The largest absolute Gasteiger partial charge is 0.374 e. The van der Waals surface area contributed by atoms with E-state index in [4.69, 9.17) is 4.74 Å². The molecule has 0 fully saturated rings. The van der Waals surface area contributed by atoms with Gasteiger partial charge in [0.2, 0.25) is 0 Å². The number of nitrogens with one attached hydrogen (secondary N) is 1. The van der Waals surface area contributed by atoms with Gasteiger partial charge in [-0.1, -0.05) is 6.92 Å². The van der Waals surface area contributed by atoms with Gasteiger partial charge in [-0.15, -0.1) is 0 Å². The fourth-order valence-corrected chi connectivity index (χ4v) is 1.04. The molecule has 0 amide bonds. The van der Waals surface area contributed by atoms with E-state index in [9.17, 15) is 0 Å². The number of ether oxygens (including phenoxy) is 1. The highest BCUT2D eigenvalue weighted by atomic mass is 16.5. The third-order valence-corrected chi connectivity index (χ3v) is 2.02. The highest BCUT2D eigenvalue weighted by Gasteiger charge is 2.05. The summed E-state index contributed by atoms with van der Waals surface area (Å²) >= 11 is 0. The average Bonchev–Trinajstić information content (AvgIpc) is 2.26. The second-order valence-corrected chi connectivity index (χ2v) is 3.11. The Labute approximate surface area is 84.7 Å². The molecule has 1 heterocycles. The first kappa shape index (κ1) is 11.1. The predicted molar refractivity (Wildman–Crippen MR) is 54.8 cm³/mol. The molecule has 0 aliphatic rings. The molecular weight excluding hydrogens is 178 g/mol. The number of aromatic nitrogens is 2. The summed E-state index contributed by atoms with van der Waals surface area (Å²) in [6, 6.07) is 0. The van der Waals surface area contributed by atoms with Crippen LogP contribution < -0.4 is 5.32 Å². The van der Waals surface area contributed by atoms with Crippen molar-refractivity contribution in [3.8, 4) is 0 Å². The van der Waals surface area contributed by atoms with Gasteiger partial charge in [0.1, 0.15) is 6.10 Å². The summed E-state index contributed by atoms with van der Waals surface area (Å²) in [5.41, 5.74) is 1.10. The zero-order chi connectivity index (χ0) is 10.4. The lowest BCUT2D eigenvalue weighted by Crippen LogP contribution is -2.13. The van der Waals surface area contributed by atoms with Crippen LogP contribution in [-0.2, 0) is 11.3 Å². The number of nitrogens with zero attached hydrogens (tertiary/aromatic N) is 2. The summed E-state index contributed by atoms with van der Waals surface area (Å²) in [4.78, 5) is 8.45. The summed E-state index contributed by atoms with van der Waals surface area (Å²) in [6.07, 6.45) is 3.63. The lowest BCUT2D eigenvalue weighted by molar-refractivity contribution is 0.112. The molecule has 4 heteroatoms. The van der Waals surface area contributed by atoms with Crippen molar-refractivity contribution in [3.63, 3.8) is 0 Å². The molecule has 0 spiro atoms. The van der Waals surface area contributed by atoms with E-state index in [0.717, 1.165) is 24.5 Å². The molecule has 0 saturated heterocycles. The van der Waals surface area contributed by atoms with Gasteiger partial charge in [0, 0.05) is 31.6 Å². The van der Waals surface area contributed by atoms with Crippen molar-refractivity contribution in [2.75, 3.05) is 13.7 Å². The molecule has 1 rings (SSSR count). The van der Waals surface area contributed by atoms with Gasteiger partial charge in [-0.3, -0.25) is 0 Å². The Hall–Kier alpha value is -1.00. The quantitative estimate of drug-likeness (QED) is 0.769.